The first-order chi connectivity index (χ1) is 4.86. The molecule has 0 aliphatic carbocycles. The summed E-state index contributed by atoms with van der Waals surface area (Å²) in [6.45, 7) is 0.904. The molecule has 0 amide bonds. The van der Waals surface area contributed by atoms with Crippen molar-refractivity contribution in [3.63, 3.8) is 0 Å². The third-order valence-corrected chi connectivity index (χ3v) is 1.75. The number of hydrogen-bond donors (Lipinski definition) is 0. The van der Waals surface area contributed by atoms with Crippen molar-refractivity contribution in [3.05, 3.63) is 34.9 Å². The zero-order valence-corrected chi connectivity index (χ0v) is 6.10. The summed E-state index contributed by atoms with van der Waals surface area (Å²) in [4.78, 5) is 4.08. The van der Waals surface area contributed by atoms with Gasteiger partial charge in [-0.3, -0.25) is 4.99 Å². The van der Waals surface area contributed by atoms with E-state index in [0.29, 0.717) is 0 Å². The monoisotopic (exact) mass is 151 g/mol. The molecule has 1 aromatic rings. The quantitative estimate of drug-likeness (QED) is 0.583. The molecule has 2 rings (SSSR count). The Morgan fingerprint density at radius 3 is 2.30 bits per heavy atom. The molecule has 0 saturated carbocycles. The summed E-state index contributed by atoms with van der Waals surface area (Å²) >= 11 is 5.70. The molecule has 2 heteroatoms. The zero-order chi connectivity index (χ0) is 6.97. The highest BCUT2D eigenvalue weighted by Gasteiger charge is 2.10. The second kappa shape index (κ2) is 2.10. The molecule has 0 unspecified atom stereocenters. The number of aliphatic imine (C=N–C) groups is 1. The van der Waals surface area contributed by atoms with Gasteiger partial charge >= 0.3 is 0 Å². The predicted molar refractivity (Wildman–Crippen MR) is 42.9 cm³/mol. The second-order valence-electron chi connectivity index (χ2n) is 2.27. The van der Waals surface area contributed by atoms with Crippen LogP contribution in [-0.2, 0) is 0 Å². The van der Waals surface area contributed by atoms with E-state index < -0.39 is 0 Å². The highest BCUT2D eigenvalue weighted by atomic mass is 35.5. The number of hydrogen-bond acceptors (Lipinski definition) is 1. The van der Waals surface area contributed by atoms with Gasteiger partial charge in [-0.25, -0.2) is 0 Å². The molecule has 0 fully saturated rings. The molecular weight excluding hydrogens is 146 g/mol. The van der Waals surface area contributed by atoms with Gasteiger partial charge < -0.3 is 0 Å². The van der Waals surface area contributed by atoms with Crippen molar-refractivity contribution in [3.8, 4) is 0 Å². The lowest BCUT2D eigenvalue weighted by Gasteiger charge is -1.90. The fourth-order valence-electron chi connectivity index (χ4n) is 0.864. The van der Waals surface area contributed by atoms with E-state index in [1.807, 2.05) is 24.3 Å². The average molecular weight is 152 g/mol. The van der Waals surface area contributed by atoms with Crippen molar-refractivity contribution in [2.24, 2.45) is 4.99 Å². The van der Waals surface area contributed by atoms with Gasteiger partial charge in [0.05, 0.1) is 12.3 Å². The van der Waals surface area contributed by atoms with E-state index in [1.165, 1.54) is 11.3 Å². The Balaban J connectivity index is 2.37. The summed E-state index contributed by atoms with van der Waals surface area (Å²) in [5.74, 6) is 0. The second-order valence-corrected chi connectivity index (χ2v) is 2.71. The Bertz CT molecular complexity index is 274. The number of nitrogens with zero attached hydrogens (tertiary/aromatic N) is 1. The lowest BCUT2D eigenvalue weighted by molar-refractivity contribution is 1.57. The summed E-state index contributed by atoms with van der Waals surface area (Å²) in [5.41, 5.74) is 2.39. The SMILES string of the molecule is Clc1ccc(C2=NC2)cc1. The van der Waals surface area contributed by atoms with Gasteiger partial charge in [0.1, 0.15) is 0 Å². The van der Waals surface area contributed by atoms with Crippen molar-refractivity contribution in [2.75, 3.05) is 6.54 Å². The molecule has 0 N–H and O–H groups in total. The molecule has 1 aromatic carbocycles. The largest absolute Gasteiger partial charge is 0.281 e. The first-order valence-corrected chi connectivity index (χ1v) is 3.53. The minimum atomic E-state index is 0.782. The van der Waals surface area contributed by atoms with Gasteiger partial charge in [-0.15, -0.1) is 0 Å². The number of halogens is 1. The molecule has 1 aliphatic heterocycles. The van der Waals surface area contributed by atoms with Crippen LogP contribution in [0.25, 0.3) is 0 Å². The maximum Gasteiger partial charge on any atom is 0.0817 e. The minimum Gasteiger partial charge on any atom is -0.281 e. The topological polar surface area (TPSA) is 12.4 Å². The van der Waals surface area contributed by atoms with E-state index in [2.05, 4.69) is 4.99 Å². The molecule has 0 spiro atoms. The van der Waals surface area contributed by atoms with Gasteiger partial charge in [-0.1, -0.05) is 23.7 Å². The van der Waals surface area contributed by atoms with E-state index in [1.54, 1.807) is 0 Å². The van der Waals surface area contributed by atoms with Crippen LogP contribution in [0, 0.1) is 0 Å². The Morgan fingerprint density at radius 1 is 1.20 bits per heavy atom. The molecule has 50 valence electrons. The van der Waals surface area contributed by atoms with E-state index in [9.17, 15) is 0 Å². The lowest BCUT2D eigenvalue weighted by Crippen LogP contribution is -1.84. The van der Waals surface area contributed by atoms with Gasteiger partial charge in [0.2, 0.25) is 0 Å². The number of rotatable bonds is 1. The third kappa shape index (κ3) is 1.05. The van der Waals surface area contributed by atoms with Crippen LogP contribution in [0.4, 0.5) is 0 Å². The first-order valence-electron chi connectivity index (χ1n) is 3.15. The standard InChI is InChI=1S/C8H6ClN/c9-7-3-1-6(2-4-7)8-5-10-8/h1-4H,5H2. The van der Waals surface area contributed by atoms with Crippen LogP contribution >= 0.6 is 11.6 Å². The number of benzene rings is 1. The predicted octanol–water partition coefficient (Wildman–Crippen LogP) is 2.14. The lowest BCUT2D eigenvalue weighted by atomic mass is 10.2. The molecule has 1 aliphatic rings. The summed E-state index contributed by atoms with van der Waals surface area (Å²) in [7, 11) is 0. The highest BCUT2D eigenvalue weighted by molar-refractivity contribution is 6.30. The molecule has 0 aromatic heterocycles. The van der Waals surface area contributed by atoms with Crippen molar-refractivity contribution < 1.29 is 0 Å². The van der Waals surface area contributed by atoms with Crippen LogP contribution in [0.2, 0.25) is 5.02 Å². The van der Waals surface area contributed by atoms with Crippen LogP contribution in [0.15, 0.2) is 29.3 Å². The highest BCUT2D eigenvalue weighted by Crippen LogP contribution is 2.14. The fraction of sp³-hybridized carbons (Fsp3) is 0.125. The van der Waals surface area contributed by atoms with E-state index in [0.717, 1.165) is 11.6 Å². The maximum atomic E-state index is 5.70. The minimum absolute atomic E-state index is 0.782. The van der Waals surface area contributed by atoms with Crippen LogP contribution < -0.4 is 0 Å². The Hall–Kier alpha value is -0.820. The molecule has 10 heavy (non-hydrogen) atoms. The van der Waals surface area contributed by atoms with Crippen LogP contribution in [-0.4, -0.2) is 12.3 Å². The maximum absolute atomic E-state index is 5.70. The summed E-state index contributed by atoms with van der Waals surface area (Å²) in [6, 6.07) is 7.76. The van der Waals surface area contributed by atoms with Crippen molar-refractivity contribution in [1.82, 2.24) is 0 Å². The molecule has 0 bridgehead atoms. The van der Waals surface area contributed by atoms with E-state index in [4.69, 9.17) is 11.6 Å². The first kappa shape index (κ1) is 5.93. The van der Waals surface area contributed by atoms with Crippen LogP contribution in [0.5, 0.6) is 0 Å². The zero-order valence-electron chi connectivity index (χ0n) is 5.34. The molecule has 1 heterocycles. The fourth-order valence-corrected chi connectivity index (χ4v) is 0.990. The van der Waals surface area contributed by atoms with Crippen molar-refractivity contribution >= 4 is 17.3 Å². The van der Waals surface area contributed by atoms with Crippen molar-refractivity contribution in [2.45, 2.75) is 0 Å². The normalized spacial score (nSPS) is 14.7. The molecule has 1 nitrogen and oxygen atoms in total. The van der Waals surface area contributed by atoms with Gasteiger partial charge in [0.15, 0.2) is 0 Å². The molecule has 0 atom stereocenters. The summed E-state index contributed by atoms with van der Waals surface area (Å²) in [5, 5.41) is 0.782. The van der Waals surface area contributed by atoms with Gasteiger partial charge in [0, 0.05) is 5.02 Å². The smallest absolute Gasteiger partial charge is 0.0817 e. The van der Waals surface area contributed by atoms with Gasteiger partial charge in [-0.05, 0) is 17.7 Å². The summed E-state index contributed by atoms with van der Waals surface area (Å²) in [6.07, 6.45) is 0. The van der Waals surface area contributed by atoms with E-state index >= 15 is 0 Å². The van der Waals surface area contributed by atoms with Gasteiger partial charge in [-0.2, -0.15) is 0 Å². The molecule has 0 radical (unpaired) electrons. The average Bonchev–Trinajstić information content (AvgIpc) is 2.71. The molecular formula is C8H6ClN. The molecule has 0 saturated heterocycles. The Morgan fingerprint density at radius 2 is 1.80 bits per heavy atom. The van der Waals surface area contributed by atoms with E-state index in [-0.39, 0.29) is 0 Å². The summed E-state index contributed by atoms with van der Waals surface area (Å²) < 4.78 is 0. The van der Waals surface area contributed by atoms with Crippen molar-refractivity contribution in [1.29, 1.82) is 0 Å². The third-order valence-electron chi connectivity index (χ3n) is 1.49. The van der Waals surface area contributed by atoms with Gasteiger partial charge in [0.25, 0.3) is 0 Å². The Labute approximate surface area is 64.4 Å². The van der Waals surface area contributed by atoms with Crippen LogP contribution in [0.3, 0.4) is 0 Å². The van der Waals surface area contributed by atoms with Crippen LogP contribution in [0.1, 0.15) is 5.56 Å². The Kier molecular flexibility index (Phi) is 1.24.